The van der Waals surface area contributed by atoms with E-state index < -0.39 is 0 Å². The van der Waals surface area contributed by atoms with Crippen LogP contribution in [-0.2, 0) is 6.42 Å². The third kappa shape index (κ3) is 4.07. The quantitative estimate of drug-likeness (QED) is 0.650. The molecule has 0 bridgehead atoms. The fourth-order valence-corrected chi connectivity index (χ4v) is 2.22. The molecule has 0 fully saturated rings. The van der Waals surface area contributed by atoms with E-state index in [0.29, 0.717) is 11.6 Å². The highest BCUT2D eigenvalue weighted by atomic mass is 32.1. The smallest absolute Gasteiger partial charge is 0.129 e. The van der Waals surface area contributed by atoms with Crippen LogP contribution in [0.15, 0.2) is 48.5 Å². The van der Waals surface area contributed by atoms with Gasteiger partial charge < -0.3 is 10.5 Å². The molecule has 2 rings (SSSR count). The molecule has 20 heavy (non-hydrogen) atoms. The average molecular weight is 285 g/mol. The van der Waals surface area contributed by atoms with Crippen LogP contribution in [-0.4, -0.2) is 11.6 Å². The van der Waals surface area contributed by atoms with Crippen molar-refractivity contribution in [1.82, 2.24) is 0 Å². The van der Waals surface area contributed by atoms with E-state index in [2.05, 4.69) is 24.3 Å². The van der Waals surface area contributed by atoms with Gasteiger partial charge in [0.05, 0.1) is 12.2 Å². The highest BCUT2D eigenvalue weighted by Crippen LogP contribution is 2.20. The number of ether oxygens (including phenoxy) is 1. The van der Waals surface area contributed by atoms with Crippen molar-refractivity contribution in [3.05, 3.63) is 65.2 Å². The number of hydrogen-bond donors (Lipinski definition) is 1. The van der Waals surface area contributed by atoms with Gasteiger partial charge in [-0.3, -0.25) is 0 Å². The second-order valence-corrected chi connectivity index (χ2v) is 5.24. The van der Waals surface area contributed by atoms with Gasteiger partial charge in [0.25, 0.3) is 0 Å². The molecule has 0 unspecified atom stereocenters. The Kier molecular flexibility index (Phi) is 5.13. The van der Waals surface area contributed by atoms with E-state index >= 15 is 0 Å². The van der Waals surface area contributed by atoms with Gasteiger partial charge in [0.15, 0.2) is 0 Å². The number of benzene rings is 2. The van der Waals surface area contributed by atoms with E-state index in [9.17, 15) is 0 Å². The van der Waals surface area contributed by atoms with E-state index in [0.717, 1.165) is 29.7 Å². The Balaban J connectivity index is 1.91. The second kappa shape index (κ2) is 7.06. The Morgan fingerprint density at radius 1 is 1.15 bits per heavy atom. The van der Waals surface area contributed by atoms with Gasteiger partial charge >= 0.3 is 0 Å². The summed E-state index contributed by atoms with van der Waals surface area (Å²) in [6.07, 6.45) is 1.98. The lowest BCUT2D eigenvalue weighted by Gasteiger charge is -2.11. The SMILES string of the molecule is Cc1ccc(C(N)=S)c(OCCCc2ccccc2)c1. The maximum atomic E-state index is 5.83. The van der Waals surface area contributed by atoms with E-state index in [4.69, 9.17) is 22.7 Å². The van der Waals surface area contributed by atoms with E-state index in [1.807, 2.05) is 31.2 Å². The van der Waals surface area contributed by atoms with Crippen molar-refractivity contribution in [3.8, 4) is 5.75 Å². The third-order valence-electron chi connectivity index (χ3n) is 3.11. The first-order valence-electron chi connectivity index (χ1n) is 6.74. The molecule has 0 saturated heterocycles. The standard InChI is InChI=1S/C17H19NOS/c1-13-9-10-15(17(18)20)16(12-13)19-11-5-8-14-6-3-2-4-7-14/h2-4,6-7,9-10,12H,5,8,11H2,1H3,(H2,18,20). The highest BCUT2D eigenvalue weighted by Gasteiger charge is 2.06. The molecule has 3 heteroatoms. The van der Waals surface area contributed by atoms with Crippen molar-refractivity contribution in [2.24, 2.45) is 5.73 Å². The van der Waals surface area contributed by atoms with Gasteiger partial charge in [0, 0.05) is 0 Å². The molecule has 0 aliphatic heterocycles. The van der Waals surface area contributed by atoms with Crippen LogP contribution < -0.4 is 10.5 Å². The second-order valence-electron chi connectivity index (χ2n) is 4.80. The predicted octanol–water partition coefficient (Wildman–Crippen LogP) is 3.64. The first-order valence-corrected chi connectivity index (χ1v) is 7.15. The maximum Gasteiger partial charge on any atom is 0.129 e. The number of thiocarbonyl (C=S) groups is 1. The van der Waals surface area contributed by atoms with Crippen LogP contribution in [0.5, 0.6) is 5.75 Å². The molecule has 0 amide bonds. The van der Waals surface area contributed by atoms with Crippen molar-refractivity contribution in [3.63, 3.8) is 0 Å². The molecule has 2 aromatic rings. The van der Waals surface area contributed by atoms with Gasteiger partial charge in [-0.2, -0.15) is 0 Å². The van der Waals surface area contributed by atoms with Crippen LogP contribution in [0.25, 0.3) is 0 Å². The molecule has 2 aromatic carbocycles. The molecule has 0 heterocycles. The number of nitrogens with two attached hydrogens (primary N) is 1. The van der Waals surface area contributed by atoms with E-state index in [-0.39, 0.29) is 0 Å². The number of hydrogen-bond acceptors (Lipinski definition) is 2. The molecule has 104 valence electrons. The minimum atomic E-state index is 0.378. The molecule has 0 aliphatic carbocycles. The van der Waals surface area contributed by atoms with Crippen LogP contribution >= 0.6 is 12.2 Å². The van der Waals surface area contributed by atoms with E-state index in [1.54, 1.807) is 0 Å². The van der Waals surface area contributed by atoms with Gasteiger partial charge in [-0.1, -0.05) is 48.6 Å². The van der Waals surface area contributed by atoms with Crippen LogP contribution in [0.4, 0.5) is 0 Å². The minimum absolute atomic E-state index is 0.378. The van der Waals surface area contributed by atoms with Gasteiger partial charge in [0.1, 0.15) is 10.7 Å². The van der Waals surface area contributed by atoms with Crippen molar-refractivity contribution in [2.45, 2.75) is 19.8 Å². The molecule has 0 radical (unpaired) electrons. The van der Waals surface area contributed by atoms with Crippen molar-refractivity contribution < 1.29 is 4.74 Å². The Bertz CT molecular complexity index is 581. The summed E-state index contributed by atoms with van der Waals surface area (Å²) in [6.45, 7) is 2.69. The van der Waals surface area contributed by atoms with Gasteiger partial charge in [0.2, 0.25) is 0 Å². The summed E-state index contributed by atoms with van der Waals surface area (Å²) in [5.41, 5.74) is 8.99. The Morgan fingerprint density at radius 3 is 2.60 bits per heavy atom. The lowest BCUT2D eigenvalue weighted by Crippen LogP contribution is -2.12. The number of aryl methyl sites for hydroxylation is 2. The summed E-state index contributed by atoms with van der Waals surface area (Å²) in [7, 11) is 0. The molecular weight excluding hydrogens is 266 g/mol. The van der Waals surface area contributed by atoms with Crippen molar-refractivity contribution >= 4 is 17.2 Å². The zero-order valence-electron chi connectivity index (χ0n) is 11.6. The van der Waals surface area contributed by atoms with Crippen LogP contribution in [0.2, 0.25) is 0 Å². The zero-order chi connectivity index (χ0) is 14.4. The van der Waals surface area contributed by atoms with Crippen molar-refractivity contribution in [1.29, 1.82) is 0 Å². The summed E-state index contributed by atoms with van der Waals surface area (Å²) in [6, 6.07) is 16.3. The summed E-state index contributed by atoms with van der Waals surface area (Å²) >= 11 is 5.05. The largest absolute Gasteiger partial charge is 0.493 e. The topological polar surface area (TPSA) is 35.2 Å². The molecule has 2 N–H and O–H groups in total. The molecule has 0 spiro atoms. The zero-order valence-corrected chi connectivity index (χ0v) is 12.5. The predicted molar refractivity (Wildman–Crippen MR) is 87.3 cm³/mol. The fourth-order valence-electron chi connectivity index (χ4n) is 2.06. The molecule has 0 atom stereocenters. The summed E-state index contributed by atoms with van der Waals surface area (Å²) in [5.74, 6) is 0.783. The molecule has 0 aliphatic rings. The lowest BCUT2D eigenvalue weighted by molar-refractivity contribution is 0.310. The van der Waals surface area contributed by atoms with Gasteiger partial charge in [-0.15, -0.1) is 0 Å². The summed E-state index contributed by atoms with van der Waals surface area (Å²) in [5, 5.41) is 0. The number of rotatable bonds is 6. The van der Waals surface area contributed by atoms with Gasteiger partial charge in [-0.25, -0.2) is 0 Å². The summed E-state index contributed by atoms with van der Waals surface area (Å²) < 4.78 is 5.83. The van der Waals surface area contributed by atoms with Crippen LogP contribution in [0, 0.1) is 6.92 Å². The highest BCUT2D eigenvalue weighted by molar-refractivity contribution is 7.80. The molecule has 0 aromatic heterocycles. The van der Waals surface area contributed by atoms with Gasteiger partial charge in [-0.05, 0) is 43.0 Å². The average Bonchev–Trinajstić information content (AvgIpc) is 2.44. The Labute approximate surface area is 125 Å². The van der Waals surface area contributed by atoms with E-state index in [1.165, 1.54) is 5.56 Å². The minimum Gasteiger partial charge on any atom is -0.493 e. The van der Waals surface area contributed by atoms with Crippen molar-refractivity contribution in [2.75, 3.05) is 6.61 Å². The first kappa shape index (κ1) is 14.5. The fraction of sp³-hybridized carbons (Fsp3) is 0.235. The normalized spacial score (nSPS) is 10.2. The summed E-state index contributed by atoms with van der Waals surface area (Å²) in [4.78, 5) is 0.378. The first-order chi connectivity index (χ1) is 9.66. The molecular formula is C17H19NOS. The Morgan fingerprint density at radius 2 is 1.90 bits per heavy atom. The Hall–Kier alpha value is -1.87. The third-order valence-corrected chi connectivity index (χ3v) is 3.33. The molecule has 2 nitrogen and oxygen atoms in total. The molecule has 0 saturated carbocycles. The maximum absolute atomic E-state index is 5.83. The van der Waals surface area contributed by atoms with Crippen LogP contribution in [0.3, 0.4) is 0 Å². The monoisotopic (exact) mass is 285 g/mol. The lowest BCUT2D eigenvalue weighted by atomic mass is 10.1. The van der Waals surface area contributed by atoms with Crippen LogP contribution in [0.1, 0.15) is 23.1 Å².